The van der Waals surface area contributed by atoms with E-state index in [1.807, 2.05) is 30.5 Å². The topological polar surface area (TPSA) is 29.1 Å². The van der Waals surface area contributed by atoms with Gasteiger partial charge in [0.25, 0.3) is 0 Å². The van der Waals surface area contributed by atoms with Crippen LogP contribution in [0.1, 0.15) is 13.0 Å². The van der Waals surface area contributed by atoms with Crippen LogP contribution in [0.4, 0.5) is 0 Å². The first-order chi connectivity index (χ1) is 12.4. The van der Waals surface area contributed by atoms with E-state index >= 15 is 0 Å². The predicted octanol–water partition coefficient (Wildman–Crippen LogP) is 5.27. The number of ether oxygens (including phenoxy) is 1. The molecular formula is C23H21N2O+. The molecule has 0 atom stereocenters. The number of fused-ring (bicyclic) bond motifs is 5. The summed E-state index contributed by atoms with van der Waals surface area (Å²) in [6, 6.07) is 24.9. The molecule has 0 spiro atoms. The van der Waals surface area contributed by atoms with Crippen LogP contribution in [0.15, 0.2) is 85.2 Å². The van der Waals surface area contributed by atoms with Gasteiger partial charge in [-0.25, -0.2) is 0 Å². The zero-order valence-corrected chi connectivity index (χ0v) is 13.6. The van der Waals surface area contributed by atoms with Gasteiger partial charge in [0.1, 0.15) is 12.1 Å². The normalized spacial score (nSPS) is 10.9. The van der Waals surface area contributed by atoms with Gasteiger partial charge < -0.3 is 9.72 Å². The van der Waals surface area contributed by atoms with Crippen molar-refractivity contribution in [3.8, 4) is 5.75 Å². The van der Waals surface area contributed by atoms with Crippen molar-refractivity contribution in [2.45, 2.75) is 14.0 Å². The van der Waals surface area contributed by atoms with Crippen molar-refractivity contribution < 1.29 is 9.14 Å². The maximum Gasteiger partial charge on any atom is 0.235 e. The van der Waals surface area contributed by atoms with E-state index in [-0.39, 0.29) is 7.43 Å². The van der Waals surface area contributed by atoms with Gasteiger partial charge in [-0.2, -0.15) is 4.40 Å². The second-order valence-corrected chi connectivity index (χ2v) is 6.21. The summed E-state index contributed by atoms with van der Waals surface area (Å²) in [5, 5.41) is 2.50. The van der Waals surface area contributed by atoms with Crippen LogP contribution in [-0.4, -0.2) is 4.98 Å². The summed E-state index contributed by atoms with van der Waals surface area (Å²) in [5.74, 6) is 0.858. The number of aromatic amines is 1. The van der Waals surface area contributed by atoms with Crippen molar-refractivity contribution in [3.63, 3.8) is 0 Å². The van der Waals surface area contributed by atoms with E-state index in [0.717, 1.165) is 22.3 Å². The first kappa shape index (κ1) is 16.2. The molecule has 1 N–H and O–H groups in total. The summed E-state index contributed by atoms with van der Waals surface area (Å²) in [7, 11) is 0. The van der Waals surface area contributed by atoms with E-state index in [1.54, 1.807) is 0 Å². The average Bonchev–Trinajstić information content (AvgIpc) is 3.06. The minimum Gasteiger partial charge on any atom is -0.483 e. The SMILES string of the molecule is C.c1ccc(COc2ccc3c4[nH]c5ccccc5c4cc[n+]3c2)cc1. The molecule has 5 aromatic rings. The highest BCUT2D eigenvalue weighted by molar-refractivity contribution is 6.10. The fourth-order valence-corrected chi connectivity index (χ4v) is 3.35. The molecule has 0 saturated carbocycles. The monoisotopic (exact) mass is 341 g/mol. The van der Waals surface area contributed by atoms with Gasteiger partial charge in [0.15, 0.2) is 11.9 Å². The fourth-order valence-electron chi connectivity index (χ4n) is 3.35. The number of nitrogens with one attached hydrogen (secondary N) is 1. The lowest BCUT2D eigenvalue weighted by molar-refractivity contribution is -0.511. The van der Waals surface area contributed by atoms with Crippen molar-refractivity contribution in [2.75, 3.05) is 0 Å². The highest BCUT2D eigenvalue weighted by Crippen LogP contribution is 2.27. The Bertz CT molecular complexity index is 1190. The van der Waals surface area contributed by atoms with Gasteiger partial charge in [-0.1, -0.05) is 56.0 Å². The lowest BCUT2D eigenvalue weighted by Gasteiger charge is -2.04. The van der Waals surface area contributed by atoms with Crippen molar-refractivity contribution in [3.05, 3.63) is 90.8 Å². The number of hydrogen-bond acceptors (Lipinski definition) is 1. The summed E-state index contributed by atoms with van der Waals surface area (Å²) in [4.78, 5) is 3.54. The summed E-state index contributed by atoms with van der Waals surface area (Å²) in [5.41, 5.74) is 4.62. The minimum atomic E-state index is 0. The van der Waals surface area contributed by atoms with Gasteiger partial charge in [-0.15, -0.1) is 0 Å². The molecule has 5 rings (SSSR count). The van der Waals surface area contributed by atoms with E-state index in [2.05, 4.69) is 64.1 Å². The first-order valence-corrected chi connectivity index (χ1v) is 8.40. The third-order valence-corrected chi connectivity index (χ3v) is 4.60. The van der Waals surface area contributed by atoms with Crippen LogP contribution in [0.5, 0.6) is 5.75 Å². The third kappa shape index (κ3) is 2.68. The second-order valence-electron chi connectivity index (χ2n) is 6.21. The Morgan fingerprint density at radius 1 is 0.808 bits per heavy atom. The predicted molar refractivity (Wildman–Crippen MR) is 106 cm³/mol. The molecule has 3 aromatic heterocycles. The number of para-hydroxylation sites is 1. The number of pyridine rings is 2. The lowest BCUT2D eigenvalue weighted by Crippen LogP contribution is -2.20. The number of hydrogen-bond donors (Lipinski definition) is 1. The molecule has 0 saturated heterocycles. The van der Waals surface area contributed by atoms with Gasteiger partial charge >= 0.3 is 0 Å². The average molecular weight is 341 g/mol. The van der Waals surface area contributed by atoms with Crippen molar-refractivity contribution in [2.24, 2.45) is 0 Å². The summed E-state index contributed by atoms with van der Waals surface area (Å²) < 4.78 is 8.05. The third-order valence-electron chi connectivity index (χ3n) is 4.60. The van der Waals surface area contributed by atoms with Crippen LogP contribution in [0.25, 0.3) is 27.3 Å². The molecule has 3 heterocycles. The second kappa shape index (κ2) is 6.52. The minimum absolute atomic E-state index is 0. The molecule has 0 radical (unpaired) electrons. The number of aromatic nitrogens is 2. The molecule has 0 amide bonds. The van der Waals surface area contributed by atoms with Gasteiger partial charge in [-0.3, -0.25) is 0 Å². The lowest BCUT2D eigenvalue weighted by atomic mass is 10.1. The molecule has 0 unspecified atom stereocenters. The van der Waals surface area contributed by atoms with Gasteiger partial charge in [0, 0.05) is 28.4 Å². The summed E-state index contributed by atoms with van der Waals surface area (Å²) >= 11 is 0. The van der Waals surface area contributed by atoms with E-state index in [0.29, 0.717) is 6.61 Å². The van der Waals surface area contributed by atoms with Crippen LogP contribution < -0.4 is 9.14 Å². The highest BCUT2D eigenvalue weighted by Gasteiger charge is 2.13. The molecule has 0 aliphatic heterocycles. The smallest absolute Gasteiger partial charge is 0.235 e. The van der Waals surface area contributed by atoms with Crippen LogP contribution in [-0.2, 0) is 6.61 Å². The Hall–Kier alpha value is -3.33. The van der Waals surface area contributed by atoms with E-state index < -0.39 is 0 Å². The summed E-state index contributed by atoms with van der Waals surface area (Å²) in [6.45, 7) is 0.571. The van der Waals surface area contributed by atoms with Crippen molar-refractivity contribution in [1.29, 1.82) is 0 Å². The Labute approximate surface area is 152 Å². The highest BCUT2D eigenvalue weighted by atomic mass is 16.5. The number of rotatable bonds is 3. The number of nitrogens with zero attached hydrogens (tertiary/aromatic N) is 1. The van der Waals surface area contributed by atoms with Crippen LogP contribution >= 0.6 is 0 Å². The number of benzene rings is 2. The zero-order chi connectivity index (χ0) is 16.6. The largest absolute Gasteiger partial charge is 0.483 e. The van der Waals surface area contributed by atoms with Gasteiger partial charge in [0.05, 0.1) is 0 Å². The molecule has 3 nitrogen and oxygen atoms in total. The molecule has 0 fully saturated rings. The van der Waals surface area contributed by atoms with Crippen LogP contribution in [0, 0.1) is 0 Å². The quantitative estimate of drug-likeness (QED) is 0.445. The van der Waals surface area contributed by atoms with Crippen LogP contribution in [0.3, 0.4) is 0 Å². The van der Waals surface area contributed by atoms with Gasteiger partial charge in [-0.05, 0) is 17.7 Å². The standard InChI is InChI=1S/C22H16N2O.CH4/c1-2-6-16(7-3-1)15-25-17-10-11-21-22-19(12-13-24(21)14-17)18-8-4-5-9-20(18)23-22;/h1-14H,15H2;1H4/p+1. The van der Waals surface area contributed by atoms with Crippen LogP contribution in [0.2, 0.25) is 0 Å². The van der Waals surface area contributed by atoms with Crippen molar-refractivity contribution in [1.82, 2.24) is 4.98 Å². The molecule has 26 heavy (non-hydrogen) atoms. The zero-order valence-electron chi connectivity index (χ0n) is 13.6. The van der Waals surface area contributed by atoms with E-state index in [4.69, 9.17) is 4.74 Å². The molecular weight excluding hydrogens is 320 g/mol. The Kier molecular flexibility index (Phi) is 4.05. The van der Waals surface area contributed by atoms with Crippen molar-refractivity contribution >= 4 is 27.3 Å². The van der Waals surface area contributed by atoms with E-state index in [9.17, 15) is 0 Å². The maximum atomic E-state index is 5.94. The molecule has 0 bridgehead atoms. The molecule has 3 heteroatoms. The summed E-state index contributed by atoms with van der Waals surface area (Å²) in [6.07, 6.45) is 4.12. The molecule has 128 valence electrons. The Morgan fingerprint density at radius 2 is 1.62 bits per heavy atom. The first-order valence-electron chi connectivity index (χ1n) is 8.40. The number of H-pyrrole nitrogens is 1. The molecule has 2 aromatic carbocycles. The molecule has 0 aliphatic carbocycles. The maximum absolute atomic E-state index is 5.94. The van der Waals surface area contributed by atoms with Gasteiger partial charge in [0.2, 0.25) is 11.7 Å². The Balaban J connectivity index is 0.00000168. The fraction of sp³-hybridized carbons (Fsp3) is 0.0870. The molecule has 0 aliphatic rings. The Morgan fingerprint density at radius 3 is 2.50 bits per heavy atom. The van der Waals surface area contributed by atoms with E-state index in [1.165, 1.54) is 16.3 Å².